The van der Waals surface area contributed by atoms with Crippen molar-refractivity contribution in [2.75, 3.05) is 13.2 Å². The molecule has 10 nitrogen and oxygen atoms in total. The lowest BCUT2D eigenvalue weighted by Crippen LogP contribution is -2.43. The van der Waals surface area contributed by atoms with Crippen LogP contribution < -0.4 is 31.2 Å². The molecule has 43 heavy (non-hydrogen) atoms. The van der Waals surface area contributed by atoms with E-state index >= 15 is 0 Å². The summed E-state index contributed by atoms with van der Waals surface area (Å²) in [5, 5.41) is 0. The second-order valence-electron chi connectivity index (χ2n) is 12.6. The molecule has 0 saturated carbocycles. The van der Waals surface area contributed by atoms with Gasteiger partial charge in [0.25, 0.3) is 11.8 Å². The highest BCUT2D eigenvalue weighted by Gasteiger charge is 2.14. The van der Waals surface area contributed by atoms with E-state index in [4.69, 9.17) is 9.47 Å². The Morgan fingerprint density at radius 1 is 0.488 bits per heavy atom. The molecule has 2 aromatic carbocycles. The van der Waals surface area contributed by atoms with Gasteiger partial charge >= 0.3 is 0 Å². The lowest BCUT2D eigenvalue weighted by atomic mass is 9.87. The molecule has 0 bridgehead atoms. The molecule has 0 aliphatic rings. The van der Waals surface area contributed by atoms with Crippen molar-refractivity contribution in [1.82, 2.24) is 21.7 Å². The van der Waals surface area contributed by atoms with Crippen molar-refractivity contribution in [3.63, 3.8) is 0 Å². The van der Waals surface area contributed by atoms with Gasteiger partial charge < -0.3 is 9.47 Å². The highest BCUT2D eigenvalue weighted by atomic mass is 16.5. The Labute approximate surface area is 255 Å². The first-order valence-corrected chi connectivity index (χ1v) is 14.9. The Balaban J connectivity index is 1.45. The monoisotopic (exact) mass is 596 g/mol. The van der Waals surface area contributed by atoms with Crippen molar-refractivity contribution in [2.45, 2.75) is 97.3 Å². The molecule has 0 aliphatic heterocycles. The second kappa shape index (κ2) is 17.1. The van der Waals surface area contributed by atoms with Crippen LogP contribution in [0.2, 0.25) is 0 Å². The second-order valence-corrected chi connectivity index (χ2v) is 12.6. The summed E-state index contributed by atoms with van der Waals surface area (Å²) >= 11 is 0. The molecule has 4 amide bonds. The van der Waals surface area contributed by atoms with Crippen LogP contribution >= 0.6 is 0 Å². The summed E-state index contributed by atoms with van der Waals surface area (Å²) in [5.41, 5.74) is 11.9. The van der Waals surface area contributed by atoms with Gasteiger partial charge in [0.1, 0.15) is 11.5 Å². The minimum Gasteiger partial charge on any atom is -0.484 e. The van der Waals surface area contributed by atoms with E-state index in [2.05, 4.69) is 63.2 Å². The van der Waals surface area contributed by atoms with E-state index in [0.717, 1.165) is 19.3 Å². The number of nitrogens with one attached hydrogen (secondary N) is 4. The van der Waals surface area contributed by atoms with Crippen LogP contribution in [0.4, 0.5) is 0 Å². The zero-order valence-electron chi connectivity index (χ0n) is 26.4. The fourth-order valence-corrected chi connectivity index (χ4v) is 3.98. The minimum absolute atomic E-state index is 0.0361. The number of hydrazine groups is 2. The molecule has 2 rings (SSSR count). The summed E-state index contributed by atoms with van der Waals surface area (Å²) in [6, 6.07) is 15.2. The van der Waals surface area contributed by atoms with Gasteiger partial charge in [0.15, 0.2) is 13.2 Å². The number of hydrogen-bond acceptors (Lipinski definition) is 6. The van der Waals surface area contributed by atoms with Gasteiger partial charge in [0.2, 0.25) is 11.8 Å². The first-order chi connectivity index (χ1) is 20.2. The molecule has 2 aromatic rings. The Morgan fingerprint density at radius 3 is 1.12 bits per heavy atom. The number of carbonyl (C=O) groups is 4. The van der Waals surface area contributed by atoms with Gasteiger partial charge in [-0.15, -0.1) is 0 Å². The predicted octanol–water partition coefficient (Wildman–Crippen LogP) is 4.76. The number of ether oxygens (including phenoxy) is 2. The van der Waals surface area contributed by atoms with Gasteiger partial charge in [-0.25, -0.2) is 0 Å². The standard InChI is InChI=1S/C33H48N4O6/c1-32(2,3)24-14-18-26(19-15-24)42-22-30(40)36-34-28(38)12-10-8-7-9-11-13-29(39)35-37-31(41)23-43-27-20-16-25(17-21-27)33(4,5)6/h14-21H,7-13,22-23H2,1-6H3,(H,34,38)(H,35,39)(H,36,40)(H,37,41). The van der Waals surface area contributed by atoms with Crippen molar-refractivity contribution in [1.29, 1.82) is 0 Å². The van der Waals surface area contributed by atoms with Crippen LogP contribution in [0.3, 0.4) is 0 Å². The molecule has 0 saturated heterocycles. The van der Waals surface area contributed by atoms with Crippen molar-refractivity contribution in [3.05, 3.63) is 59.7 Å². The fraction of sp³-hybridized carbons (Fsp3) is 0.515. The van der Waals surface area contributed by atoms with Crippen molar-refractivity contribution >= 4 is 23.6 Å². The lowest BCUT2D eigenvalue weighted by molar-refractivity contribution is -0.130. The van der Waals surface area contributed by atoms with Gasteiger partial charge in [0, 0.05) is 12.8 Å². The highest BCUT2D eigenvalue weighted by molar-refractivity contribution is 5.83. The van der Waals surface area contributed by atoms with Gasteiger partial charge in [-0.3, -0.25) is 40.9 Å². The Hall–Kier alpha value is -4.08. The molecule has 236 valence electrons. The molecule has 0 unspecified atom stereocenters. The number of unbranched alkanes of at least 4 members (excludes halogenated alkanes) is 4. The van der Waals surface area contributed by atoms with Gasteiger partial charge in [-0.05, 0) is 59.1 Å². The predicted molar refractivity (Wildman–Crippen MR) is 166 cm³/mol. The highest BCUT2D eigenvalue weighted by Crippen LogP contribution is 2.25. The average molecular weight is 597 g/mol. The first-order valence-electron chi connectivity index (χ1n) is 14.9. The molecule has 0 radical (unpaired) electrons. The summed E-state index contributed by atoms with van der Waals surface area (Å²) in [7, 11) is 0. The Kier molecular flexibility index (Phi) is 14.0. The van der Waals surface area contributed by atoms with E-state index in [1.807, 2.05) is 48.5 Å². The topological polar surface area (TPSA) is 135 Å². The SMILES string of the molecule is CC(C)(C)c1ccc(OCC(=O)NNC(=O)CCCCCCCC(=O)NNC(=O)COc2ccc(C(C)(C)C)cc2)cc1. The average Bonchev–Trinajstić information content (AvgIpc) is 2.95. The van der Waals surface area contributed by atoms with E-state index in [1.54, 1.807) is 0 Å². The molecule has 10 heteroatoms. The number of hydrogen-bond donors (Lipinski definition) is 4. The van der Waals surface area contributed by atoms with Gasteiger partial charge in [-0.1, -0.05) is 85.1 Å². The summed E-state index contributed by atoms with van der Waals surface area (Å²) < 4.78 is 10.9. The molecule has 0 aliphatic carbocycles. The molecule has 0 heterocycles. The number of carbonyl (C=O) groups excluding carboxylic acids is 4. The lowest BCUT2D eigenvalue weighted by Gasteiger charge is -2.19. The fourth-order valence-electron chi connectivity index (χ4n) is 3.98. The zero-order valence-corrected chi connectivity index (χ0v) is 26.4. The summed E-state index contributed by atoms with van der Waals surface area (Å²) in [6.45, 7) is 12.3. The minimum atomic E-state index is -0.443. The quantitative estimate of drug-likeness (QED) is 0.183. The third-order valence-corrected chi connectivity index (χ3v) is 6.67. The van der Waals surface area contributed by atoms with E-state index in [9.17, 15) is 19.2 Å². The molecular weight excluding hydrogens is 548 g/mol. The van der Waals surface area contributed by atoms with Crippen molar-refractivity contribution in [2.24, 2.45) is 0 Å². The maximum Gasteiger partial charge on any atom is 0.276 e. The van der Waals surface area contributed by atoms with Crippen LogP contribution in [0.25, 0.3) is 0 Å². The van der Waals surface area contributed by atoms with Crippen LogP contribution in [0, 0.1) is 0 Å². The van der Waals surface area contributed by atoms with E-state index in [-0.39, 0.29) is 48.7 Å². The maximum absolute atomic E-state index is 12.0. The zero-order chi connectivity index (χ0) is 31.9. The van der Waals surface area contributed by atoms with Crippen molar-refractivity contribution in [3.8, 4) is 11.5 Å². The van der Waals surface area contributed by atoms with E-state index < -0.39 is 11.8 Å². The van der Waals surface area contributed by atoms with Crippen LogP contribution in [0.15, 0.2) is 48.5 Å². The van der Waals surface area contributed by atoms with Crippen LogP contribution in [0.5, 0.6) is 11.5 Å². The third kappa shape index (κ3) is 14.6. The molecular formula is C33H48N4O6. The smallest absolute Gasteiger partial charge is 0.276 e. The maximum atomic E-state index is 12.0. The first kappa shape index (κ1) is 35.1. The van der Waals surface area contributed by atoms with E-state index in [1.165, 1.54) is 11.1 Å². The number of amides is 4. The summed E-state index contributed by atoms with van der Waals surface area (Å²) in [5.74, 6) is -0.269. The number of benzene rings is 2. The molecule has 0 fully saturated rings. The van der Waals surface area contributed by atoms with Crippen molar-refractivity contribution < 1.29 is 28.7 Å². The van der Waals surface area contributed by atoms with Crippen LogP contribution in [-0.2, 0) is 30.0 Å². The van der Waals surface area contributed by atoms with Crippen LogP contribution in [0.1, 0.15) is 97.6 Å². The summed E-state index contributed by atoms with van der Waals surface area (Å²) in [6.07, 6.45) is 4.40. The third-order valence-electron chi connectivity index (χ3n) is 6.67. The van der Waals surface area contributed by atoms with Crippen LogP contribution in [-0.4, -0.2) is 36.8 Å². The Bertz CT molecular complexity index is 1090. The summed E-state index contributed by atoms with van der Waals surface area (Å²) in [4.78, 5) is 47.8. The molecule has 4 N–H and O–H groups in total. The van der Waals surface area contributed by atoms with Gasteiger partial charge in [0.05, 0.1) is 0 Å². The Morgan fingerprint density at radius 2 is 0.791 bits per heavy atom. The molecule has 0 atom stereocenters. The van der Waals surface area contributed by atoms with Gasteiger partial charge in [-0.2, -0.15) is 0 Å². The largest absolute Gasteiger partial charge is 0.484 e. The molecule has 0 spiro atoms. The van der Waals surface area contributed by atoms with E-state index in [0.29, 0.717) is 24.3 Å². The molecule has 0 aromatic heterocycles. The normalized spacial score (nSPS) is 11.3. The number of rotatable bonds is 14.